The molecule has 0 aliphatic carbocycles. The Balaban J connectivity index is 2.49. The molecular weight excluding hydrogens is 140 g/mol. The molecule has 1 aliphatic rings. The maximum atomic E-state index is 11.0. The maximum Gasteiger partial charge on any atom is 0.219 e. The number of hydrogen-bond acceptors (Lipinski definition) is 2. The monoisotopic (exact) mass is 156 g/mol. The molecule has 2 N–H and O–H groups in total. The number of piperidine rings is 1. The van der Waals surface area contributed by atoms with Crippen molar-refractivity contribution in [3.63, 3.8) is 0 Å². The van der Waals surface area contributed by atoms with Crippen molar-refractivity contribution in [1.29, 1.82) is 0 Å². The Morgan fingerprint density at radius 3 is 2.64 bits per heavy atom. The van der Waals surface area contributed by atoms with Gasteiger partial charge in [0.25, 0.3) is 0 Å². The van der Waals surface area contributed by atoms with Crippen molar-refractivity contribution >= 4 is 5.91 Å². The molecule has 0 aromatic rings. The molecule has 1 fully saturated rings. The molecule has 1 aliphatic heterocycles. The van der Waals surface area contributed by atoms with Crippen LogP contribution in [-0.2, 0) is 4.79 Å². The highest BCUT2D eigenvalue weighted by molar-refractivity contribution is 5.73. The molecule has 1 saturated heterocycles. The van der Waals surface area contributed by atoms with Gasteiger partial charge in [-0.25, -0.2) is 0 Å². The Bertz CT molecular complexity index is 148. The first kappa shape index (κ1) is 8.53. The molecule has 0 aromatic carbocycles. The maximum absolute atomic E-state index is 11.0. The fourth-order valence-corrected chi connectivity index (χ4v) is 1.66. The number of carbonyl (C=O) groups excluding carboxylic acids is 1. The molecule has 0 radical (unpaired) electrons. The van der Waals surface area contributed by atoms with Gasteiger partial charge in [0.15, 0.2) is 0 Å². The Hall–Kier alpha value is -0.570. The lowest BCUT2D eigenvalue weighted by Gasteiger charge is -2.34. The third-order valence-electron chi connectivity index (χ3n) is 2.14. The van der Waals surface area contributed by atoms with E-state index in [9.17, 15) is 4.79 Å². The van der Waals surface area contributed by atoms with E-state index in [2.05, 4.69) is 6.92 Å². The smallest absolute Gasteiger partial charge is 0.219 e. The van der Waals surface area contributed by atoms with Crippen molar-refractivity contribution in [1.82, 2.24) is 4.90 Å². The predicted molar refractivity (Wildman–Crippen MR) is 44.0 cm³/mol. The fourth-order valence-electron chi connectivity index (χ4n) is 1.66. The first-order chi connectivity index (χ1) is 5.09. The zero-order chi connectivity index (χ0) is 8.43. The Morgan fingerprint density at radius 1 is 1.55 bits per heavy atom. The van der Waals surface area contributed by atoms with E-state index in [4.69, 9.17) is 5.73 Å². The summed E-state index contributed by atoms with van der Waals surface area (Å²) in [6.45, 7) is 5.35. The van der Waals surface area contributed by atoms with Crippen LogP contribution in [0.2, 0.25) is 0 Å². The molecule has 2 atom stereocenters. The van der Waals surface area contributed by atoms with Crippen LogP contribution in [0.15, 0.2) is 0 Å². The van der Waals surface area contributed by atoms with Crippen LogP contribution < -0.4 is 5.73 Å². The van der Waals surface area contributed by atoms with E-state index in [0.717, 1.165) is 19.5 Å². The molecule has 64 valence electrons. The minimum Gasteiger partial charge on any atom is -0.341 e. The van der Waals surface area contributed by atoms with E-state index in [1.165, 1.54) is 0 Å². The minimum absolute atomic E-state index is 0.145. The van der Waals surface area contributed by atoms with Gasteiger partial charge in [0.2, 0.25) is 5.91 Å². The Kier molecular flexibility index (Phi) is 2.49. The minimum atomic E-state index is 0.145. The average Bonchev–Trinajstić information content (AvgIpc) is 1.85. The molecule has 0 aromatic heterocycles. The highest BCUT2D eigenvalue weighted by Gasteiger charge is 2.23. The molecule has 0 spiro atoms. The highest BCUT2D eigenvalue weighted by Crippen LogP contribution is 2.14. The summed E-state index contributed by atoms with van der Waals surface area (Å²) in [6, 6.07) is 0.183. The van der Waals surface area contributed by atoms with Crippen molar-refractivity contribution in [2.45, 2.75) is 26.3 Å². The molecule has 0 bridgehead atoms. The predicted octanol–water partition coefficient (Wildman–Crippen LogP) is 0.202. The third kappa shape index (κ3) is 2.19. The van der Waals surface area contributed by atoms with E-state index < -0.39 is 0 Å². The second kappa shape index (κ2) is 3.22. The van der Waals surface area contributed by atoms with Gasteiger partial charge < -0.3 is 10.6 Å². The van der Waals surface area contributed by atoms with E-state index in [-0.39, 0.29) is 11.9 Å². The van der Waals surface area contributed by atoms with Gasteiger partial charge in [0.05, 0.1) is 0 Å². The zero-order valence-electron chi connectivity index (χ0n) is 7.21. The van der Waals surface area contributed by atoms with Crippen LogP contribution in [-0.4, -0.2) is 29.9 Å². The first-order valence-corrected chi connectivity index (χ1v) is 4.10. The summed E-state index contributed by atoms with van der Waals surface area (Å²) in [4.78, 5) is 12.8. The summed E-state index contributed by atoms with van der Waals surface area (Å²) < 4.78 is 0. The lowest BCUT2D eigenvalue weighted by atomic mass is 9.97. The summed E-state index contributed by atoms with van der Waals surface area (Å²) in [6.07, 6.45) is 1.05. The SMILES string of the molecule is CC(=O)N1CC(C)CC(N)C1. The second-order valence-electron chi connectivity index (χ2n) is 3.52. The molecular formula is C8H16N2O. The van der Waals surface area contributed by atoms with Crippen LogP contribution in [0.5, 0.6) is 0 Å². The molecule has 2 unspecified atom stereocenters. The van der Waals surface area contributed by atoms with Crippen molar-refractivity contribution in [2.24, 2.45) is 11.7 Å². The van der Waals surface area contributed by atoms with E-state index in [1.807, 2.05) is 4.90 Å². The number of likely N-dealkylation sites (tertiary alicyclic amines) is 1. The average molecular weight is 156 g/mol. The van der Waals surface area contributed by atoms with Crippen LogP contribution in [0, 0.1) is 5.92 Å². The van der Waals surface area contributed by atoms with Gasteiger partial charge in [-0.2, -0.15) is 0 Å². The lowest BCUT2D eigenvalue weighted by Crippen LogP contribution is -2.48. The first-order valence-electron chi connectivity index (χ1n) is 4.10. The second-order valence-corrected chi connectivity index (χ2v) is 3.52. The van der Waals surface area contributed by atoms with Crippen molar-refractivity contribution in [2.75, 3.05) is 13.1 Å². The molecule has 1 amide bonds. The Labute approximate surface area is 67.5 Å². The lowest BCUT2D eigenvalue weighted by molar-refractivity contribution is -0.130. The standard InChI is InChI=1S/C8H16N2O/c1-6-3-8(9)5-10(4-6)7(2)11/h6,8H,3-5,9H2,1-2H3. The zero-order valence-corrected chi connectivity index (χ0v) is 7.21. The number of rotatable bonds is 0. The highest BCUT2D eigenvalue weighted by atomic mass is 16.2. The largest absolute Gasteiger partial charge is 0.341 e. The van der Waals surface area contributed by atoms with Gasteiger partial charge >= 0.3 is 0 Å². The number of nitrogens with two attached hydrogens (primary N) is 1. The van der Waals surface area contributed by atoms with Crippen LogP contribution >= 0.6 is 0 Å². The van der Waals surface area contributed by atoms with Crippen LogP contribution in [0.3, 0.4) is 0 Å². The van der Waals surface area contributed by atoms with Gasteiger partial charge in [-0.05, 0) is 12.3 Å². The summed E-state index contributed by atoms with van der Waals surface area (Å²) in [5.41, 5.74) is 5.76. The fraction of sp³-hybridized carbons (Fsp3) is 0.875. The van der Waals surface area contributed by atoms with Gasteiger partial charge in [0, 0.05) is 26.1 Å². The number of carbonyl (C=O) groups is 1. The number of hydrogen-bond donors (Lipinski definition) is 1. The molecule has 1 rings (SSSR count). The molecule has 3 heteroatoms. The Morgan fingerprint density at radius 2 is 2.18 bits per heavy atom. The van der Waals surface area contributed by atoms with Gasteiger partial charge in [-0.15, -0.1) is 0 Å². The van der Waals surface area contributed by atoms with E-state index >= 15 is 0 Å². The summed E-state index contributed by atoms with van der Waals surface area (Å²) in [5, 5.41) is 0. The molecule has 1 heterocycles. The quantitative estimate of drug-likeness (QED) is 0.544. The third-order valence-corrected chi connectivity index (χ3v) is 2.14. The molecule has 0 saturated carbocycles. The van der Waals surface area contributed by atoms with Crippen molar-refractivity contribution in [3.05, 3.63) is 0 Å². The molecule has 11 heavy (non-hydrogen) atoms. The number of amides is 1. The van der Waals surface area contributed by atoms with Gasteiger partial charge in [-0.3, -0.25) is 4.79 Å². The van der Waals surface area contributed by atoms with E-state index in [0.29, 0.717) is 5.92 Å². The van der Waals surface area contributed by atoms with Gasteiger partial charge in [-0.1, -0.05) is 6.92 Å². The van der Waals surface area contributed by atoms with Crippen molar-refractivity contribution < 1.29 is 4.79 Å². The summed E-state index contributed by atoms with van der Waals surface area (Å²) in [7, 11) is 0. The molecule has 3 nitrogen and oxygen atoms in total. The van der Waals surface area contributed by atoms with Crippen LogP contribution in [0.1, 0.15) is 20.3 Å². The number of nitrogens with zero attached hydrogens (tertiary/aromatic N) is 1. The summed E-state index contributed by atoms with van der Waals surface area (Å²) in [5.74, 6) is 0.703. The van der Waals surface area contributed by atoms with E-state index in [1.54, 1.807) is 6.92 Å². The summed E-state index contributed by atoms with van der Waals surface area (Å²) >= 11 is 0. The van der Waals surface area contributed by atoms with Crippen LogP contribution in [0.25, 0.3) is 0 Å². The van der Waals surface area contributed by atoms with Crippen LogP contribution in [0.4, 0.5) is 0 Å². The topological polar surface area (TPSA) is 46.3 Å². The normalized spacial score (nSPS) is 32.1. The van der Waals surface area contributed by atoms with Gasteiger partial charge in [0.1, 0.15) is 0 Å². The van der Waals surface area contributed by atoms with Crippen molar-refractivity contribution in [3.8, 4) is 0 Å².